The summed E-state index contributed by atoms with van der Waals surface area (Å²) in [5, 5.41) is 16.3. The van der Waals surface area contributed by atoms with Gasteiger partial charge in [-0.1, -0.05) is 23.4 Å². The van der Waals surface area contributed by atoms with Crippen molar-refractivity contribution in [1.29, 1.82) is 0 Å². The van der Waals surface area contributed by atoms with E-state index in [1.165, 1.54) is 41.2 Å². The number of pyridine rings is 2. The highest BCUT2D eigenvalue weighted by atomic mass is 35.5. The average molecular weight is 429 g/mol. The highest BCUT2D eigenvalue weighted by Crippen LogP contribution is 2.33. The number of para-hydroxylation sites is 1. The number of nitrogens with zero attached hydrogens (tertiary/aromatic N) is 3. The van der Waals surface area contributed by atoms with E-state index < -0.39 is 5.82 Å². The Morgan fingerprint density at radius 3 is 2.77 bits per heavy atom. The van der Waals surface area contributed by atoms with Crippen LogP contribution in [0, 0.1) is 5.82 Å². The molecule has 3 aromatic rings. The fourth-order valence-corrected chi connectivity index (χ4v) is 4.00. The molecule has 0 saturated heterocycles. The molecule has 0 unspecified atom stereocenters. The Labute approximate surface area is 181 Å². The summed E-state index contributed by atoms with van der Waals surface area (Å²) < 4.78 is 13.6. The maximum absolute atomic E-state index is 13.6. The van der Waals surface area contributed by atoms with Crippen molar-refractivity contribution in [2.24, 2.45) is 5.16 Å². The fraction of sp³-hybridized carbons (Fsp3) is 0.348. The number of aryl methyl sites for hydroxylation is 2. The summed E-state index contributed by atoms with van der Waals surface area (Å²) in [4.78, 5) is 9.09. The predicted octanol–water partition coefficient (Wildman–Crippen LogP) is 5.31. The Hall–Kier alpha value is -2.73. The molecule has 1 aromatic carbocycles. The van der Waals surface area contributed by atoms with Crippen molar-refractivity contribution in [1.82, 2.24) is 9.97 Å². The number of hydrogen-bond donors (Lipinski definition) is 2. The standard InChI is InChI=1S/C23H25FN4O.ClH/c24-19-13-12-16(27-22(19)15-26-29)7-5-6-14-25-23-17-8-1-3-10-20(17)28-21-11-4-2-9-18(21)23;/h1,3,8,10,12-13,15,29H,2,4-7,9,11,14H2,(H,25,28);1H. The van der Waals surface area contributed by atoms with Crippen LogP contribution in [-0.2, 0) is 19.3 Å². The number of halogens is 2. The van der Waals surface area contributed by atoms with E-state index in [2.05, 4.69) is 33.7 Å². The summed E-state index contributed by atoms with van der Waals surface area (Å²) in [6.45, 7) is 0.868. The van der Waals surface area contributed by atoms with E-state index in [9.17, 15) is 4.39 Å². The first-order valence-electron chi connectivity index (χ1n) is 10.2. The first-order valence-corrected chi connectivity index (χ1v) is 10.2. The summed E-state index contributed by atoms with van der Waals surface area (Å²) in [5.74, 6) is -0.484. The lowest BCUT2D eigenvalue weighted by atomic mass is 9.92. The van der Waals surface area contributed by atoms with Gasteiger partial charge in [-0.2, -0.15) is 0 Å². The van der Waals surface area contributed by atoms with E-state index in [1.807, 2.05) is 6.07 Å². The number of aromatic nitrogens is 2. The van der Waals surface area contributed by atoms with Gasteiger partial charge in [-0.05, 0) is 68.7 Å². The maximum Gasteiger partial charge on any atom is 0.150 e. The molecule has 5 nitrogen and oxygen atoms in total. The monoisotopic (exact) mass is 428 g/mol. The minimum Gasteiger partial charge on any atom is -0.411 e. The average Bonchev–Trinajstić information content (AvgIpc) is 2.75. The smallest absolute Gasteiger partial charge is 0.150 e. The molecule has 0 fully saturated rings. The van der Waals surface area contributed by atoms with Gasteiger partial charge in [0, 0.05) is 29.0 Å². The molecule has 0 bridgehead atoms. The molecular weight excluding hydrogens is 403 g/mol. The second-order valence-electron chi connectivity index (χ2n) is 7.43. The van der Waals surface area contributed by atoms with Gasteiger partial charge < -0.3 is 10.5 Å². The van der Waals surface area contributed by atoms with E-state index in [0.717, 1.165) is 56.1 Å². The highest BCUT2D eigenvalue weighted by Gasteiger charge is 2.17. The Morgan fingerprint density at radius 1 is 1.07 bits per heavy atom. The minimum atomic E-state index is -0.484. The molecule has 7 heteroatoms. The van der Waals surface area contributed by atoms with E-state index in [1.54, 1.807) is 6.07 Å². The molecule has 4 rings (SSSR count). The molecule has 0 radical (unpaired) electrons. The van der Waals surface area contributed by atoms with E-state index in [-0.39, 0.29) is 18.1 Å². The lowest BCUT2D eigenvalue weighted by Crippen LogP contribution is -2.12. The summed E-state index contributed by atoms with van der Waals surface area (Å²) in [6, 6.07) is 11.4. The predicted molar refractivity (Wildman–Crippen MR) is 121 cm³/mol. The van der Waals surface area contributed by atoms with E-state index in [4.69, 9.17) is 10.2 Å². The summed E-state index contributed by atoms with van der Waals surface area (Å²) in [6.07, 6.45) is 8.28. The van der Waals surface area contributed by atoms with Crippen LogP contribution in [0.3, 0.4) is 0 Å². The molecule has 2 N–H and O–H groups in total. The van der Waals surface area contributed by atoms with Crippen LogP contribution in [0.15, 0.2) is 41.6 Å². The quantitative estimate of drug-likeness (QED) is 0.231. The number of nitrogens with one attached hydrogen (secondary N) is 1. The molecule has 2 heterocycles. The van der Waals surface area contributed by atoms with Crippen LogP contribution < -0.4 is 5.32 Å². The zero-order chi connectivity index (χ0) is 20.1. The molecule has 0 amide bonds. The van der Waals surface area contributed by atoms with Crippen LogP contribution in [0.5, 0.6) is 0 Å². The summed E-state index contributed by atoms with van der Waals surface area (Å²) in [5.41, 5.74) is 5.79. The van der Waals surface area contributed by atoms with Crippen molar-refractivity contribution in [3.63, 3.8) is 0 Å². The number of oxime groups is 1. The number of unbranched alkanes of at least 4 members (excludes halogenated alkanes) is 1. The summed E-state index contributed by atoms with van der Waals surface area (Å²) in [7, 11) is 0. The molecule has 0 spiro atoms. The largest absolute Gasteiger partial charge is 0.411 e. The Morgan fingerprint density at radius 2 is 1.90 bits per heavy atom. The van der Waals surface area contributed by atoms with Gasteiger partial charge >= 0.3 is 0 Å². The number of anilines is 1. The van der Waals surface area contributed by atoms with Gasteiger partial charge in [0.15, 0.2) is 5.82 Å². The third-order valence-electron chi connectivity index (χ3n) is 5.44. The number of hydrogen-bond acceptors (Lipinski definition) is 5. The fourth-order valence-electron chi connectivity index (χ4n) is 4.00. The van der Waals surface area contributed by atoms with Crippen molar-refractivity contribution in [2.45, 2.75) is 44.9 Å². The maximum atomic E-state index is 13.6. The molecule has 0 atom stereocenters. The molecule has 30 heavy (non-hydrogen) atoms. The third-order valence-corrected chi connectivity index (χ3v) is 5.44. The van der Waals surface area contributed by atoms with Crippen LogP contribution in [0.1, 0.15) is 48.3 Å². The third kappa shape index (κ3) is 4.87. The van der Waals surface area contributed by atoms with Gasteiger partial charge in [0.1, 0.15) is 5.69 Å². The first kappa shape index (κ1) is 22.0. The van der Waals surface area contributed by atoms with Gasteiger partial charge in [0.05, 0.1) is 11.7 Å². The Balaban J connectivity index is 0.00000256. The van der Waals surface area contributed by atoms with Crippen molar-refractivity contribution in [2.75, 3.05) is 11.9 Å². The molecule has 0 aliphatic heterocycles. The number of rotatable bonds is 7. The van der Waals surface area contributed by atoms with Crippen LogP contribution in [-0.4, -0.2) is 27.9 Å². The number of benzene rings is 1. The van der Waals surface area contributed by atoms with Crippen molar-refractivity contribution < 1.29 is 9.60 Å². The van der Waals surface area contributed by atoms with Crippen LogP contribution in [0.2, 0.25) is 0 Å². The zero-order valence-electron chi connectivity index (χ0n) is 16.8. The topological polar surface area (TPSA) is 70.4 Å². The van der Waals surface area contributed by atoms with E-state index >= 15 is 0 Å². The minimum absolute atomic E-state index is 0. The summed E-state index contributed by atoms with van der Waals surface area (Å²) >= 11 is 0. The van der Waals surface area contributed by atoms with Gasteiger partial charge in [-0.15, -0.1) is 12.4 Å². The van der Waals surface area contributed by atoms with Gasteiger partial charge in [0.25, 0.3) is 0 Å². The Bertz CT molecular complexity index is 1040. The highest BCUT2D eigenvalue weighted by molar-refractivity contribution is 5.93. The van der Waals surface area contributed by atoms with Crippen LogP contribution in [0.4, 0.5) is 10.1 Å². The first-order chi connectivity index (χ1) is 14.3. The van der Waals surface area contributed by atoms with E-state index in [0.29, 0.717) is 0 Å². The molecule has 0 saturated carbocycles. The molecule has 2 aromatic heterocycles. The lowest BCUT2D eigenvalue weighted by molar-refractivity contribution is 0.321. The second kappa shape index (κ2) is 10.3. The van der Waals surface area contributed by atoms with Crippen LogP contribution >= 0.6 is 12.4 Å². The van der Waals surface area contributed by atoms with Gasteiger partial charge in [-0.3, -0.25) is 4.98 Å². The molecule has 1 aliphatic carbocycles. The van der Waals surface area contributed by atoms with Crippen LogP contribution in [0.25, 0.3) is 10.9 Å². The second-order valence-corrected chi connectivity index (χ2v) is 7.43. The molecular formula is C23H26ClFN4O. The van der Waals surface area contributed by atoms with Gasteiger partial charge in [0.2, 0.25) is 0 Å². The zero-order valence-corrected chi connectivity index (χ0v) is 17.6. The number of fused-ring (bicyclic) bond motifs is 2. The lowest BCUT2D eigenvalue weighted by Gasteiger charge is -2.21. The molecule has 158 valence electrons. The SMILES string of the molecule is Cl.ON=Cc1nc(CCCCNc2c3c(nc4ccccc24)CCCC3)ccc1F. The normalized spacial score (nSPS) is 13.2. The van der Waals surface area contributed by atoms with Crippen molar-refractivity contribution >= 4 is 35.2 Å². The van der Waals surface area contributed by atoms with Crippen molar-refractivity contribution in [3.8, 4) is 0 Å². The molecule has 1 aliphatic rings. The van der Waals surface area contributed by atoms with Crippen molar-refractivity contribution in [3.05, 3.63) is 64.9 Å². The Kier molecular flexibility index (Phi) is 7.57. The van der Waals surface area contributed by atoms with Gasteiger partial charge in [-0.25, -0.2) is 9.37 Å².